The molecule has 6 rings (SSSR count). The van der Waals surface area contributed by atoms with Gasteiger partial charge in [0.1, 0.15) is 16.8 Å². The molecule has 1 saturated carbocycles. The number of hydrogen-bond donors (Lipinski definition) is 1. The highest BCUT2D eigenvalue weighted by Gasteiger charge is 2.53. The third kappa shape index (κ3) is 5.84. The molecule has 3 aliphatic heterocycles. The van der Waals surface area contributed by atoms with Crippen LogP contribution in [-0.4, -0.2) is 81.4 Å². The van der Waals surface area contributed by atoms with E-state index in [1.807, 2.05) is 12.1 Å². The van der Waals surface area contributed by atoms with E-state index >= 15 is 0 Å². The van der Waals surface area contributed by atoms with Crippen LogP contribution in [0.1, 0.15) is 49.0 Å². The molecule has 2 aromatic rings. The Kier molecular flexibility index (Phi) is 8.52. The maximum absolute atomic E-state index is 14.8. The normalized spacial score (nSPS) is 25.6. The number of nitrogens with one attached hydrogen (secondary N) is 1. The van der Waals surface area contributed by atoms with Crippen molar-refractivity contribution >= 4 is 22.4 Å². The lowest BCUT2D eigenvalue weighted by Gasteiger charge is -2.54. The Balaban J connectivity index is 1.19. The number of nitrogens with zero attached hydrogens (tertiary/aromatic N) is 4. The van der Waals surface area contributed by atoms with E-state index in [0.717, 1.165) is 94.9 Å². The zero-order chi connectivity index (χ0) is 28.4. The largest absolute Gasteiger partial charge is 0.453 e. The van der Waals surface area contributed by atoms with Crippen molar-refractivity contribution in [3.63, 3.8) is 0 Å². The average Bonchev–Trinajstić information content (AvgIpc) is 3.61. The molecule has 1 N–H and O–H groups in total. The number of hydrogen-bond acceptors (Lipinski definition) is 7. The van der Waals surface area contributed by atoms with Crippen molar-refractivity contribution in [2.24, 2.45) is 17.8 Å². The van der Waals surface area contributed by atoms with Gasteiger partial charge in [0.25, 0.3) is 0 Å². The number of anilines is 1. The van der Waals surface area contributed by atoms with Gasteiger partial charge in [-0.05, 0) is 99.9 Å². The number of piperidine rings is 1. The number of benzene rings is 1. The molecule has 1 aromatic carbocycles. The highest BCUT2D eigenvalue weighted by atomic mass is 32.1. The summed E-state index contributed by atoms with van der Waals surface area (Å²) in [7, 11) is 1.43. The minimum atomic E-state index is -0.366. The maximum Gasteiger partial charge on any atom is 0.407 e. The Hall–Kier alpha value is -2.67. The molecule has 4 aliphatic rings. The van der Waals surface area contributed by atoms with Crippen LogP contribution < -0.4 is 10.2 Å². The van der Waals surface area contributed by atoms with Crippen LogP contribution in [-0.2, 0) is 10.2 Å². The van der Waals surface area contributed by atoms with E-state index in [-0.39, 0.29) is 29.3 Å². The first-order valence-corrected chi connectivity index (χ1v) is 16.1. The van der Waals surface area contributed by atoms with E-state index in [2.05, 4.69) is 38.2 Å². The summed E-state index contributed by atoms with van der Waals surface area (Å²) in [6.07, 6.45) is 6.05. The first kappa shape index (κ1) is 28.4. The van der Waals surface area contributed by atoms with E-state index in [9.17, 15) is 9.18 Å². The second-order valence-corrected chi connectivity index (χ2v) is 13.6. The number of thiophene rings is 1. The molecule has 0 unspecified atom stereocenters. The number of methoxy groups -OCH3 is 1. The van der Waals surface area contributed by atoms with Crippen LogP contribution in [0.5, 0.6) is 0 Å². The van der Waals surface area contributed by atoms with Crippen molar-refractivity contribution in [1.29, 1.82) is 5.26 Å². The summed E-state index contributed by atoms with van der Waals surface area (Å²) >= 11 is 1.58. The van der Waals surface area contributed by atoms with Crippen molar-refractivity contribution in [2.45, 2.75) is 50.0 Å². The lowest BCUT2D eigenvalue weighted by Crippen LogP contribution is -2.60. The van der Waals surface area contributed by atoms with Crippen LogP contribution in [0, 0.1) is 34.9 Å². The minimum absolute atomic E-state index is 0.0322. The summed E-state index contributed by atoms with van der Waals surface area (Å²) in [5.41, 5.74) is 0.885. The van der Waals surface area contributed by atoms with E-state index in [4.69, 9.17) is 10.00 Å². The summed E-state index contributed by atoms with van der Waals surface area (Å²) in [6, 6.07) is 13.6. The summed E-state index contributed by atoms with van der Waals surface area (Å²) in [4.78, 5) is 20.7. The molecule has 1 aromatic heterocycles. The number of amides is 1. The third-order valence-electron chi connectivity index (χ3n) is 10.3. The zero-order valence-electron chi connectivity index (χ0n) is 24.1. The van der Waals surface area contributed by atoms with Crippen LogP contribution in [0.25, 0.3) is 0 Å². The number of alkyl carbamates (subject to hydrolysis) is 1. The number of nitriles is 1. The Morgan fingerprint density at radius 2 is 1.90 bits per heavy atom. The Morgan fingerprint density at radius 1 is 1.10 bits per heavy atom. The topological polar surface area (TPSA) is 71.8 Å². The van der Waals surface area contributed by atoms with Crippen molar-refractivity contribution in [2.75, 3.05) is 64.4 Å². The predicted octanol–water partition coefficient (Wildman–Crippen LogP) is 5.08. The minimum Gasteiger partial charge on any atom is -0.453 e. The van der Waals surface area contributed by atoms with Crippen LogP contribution in [0.2, 0.25) is 0 Å². The SMILES string of the molecule is COC(=O)N[C@H]1CCC[C@@H]1[C@](CN1CCC1)(c1cccc(F)c1)C1CCN(CC2CN(c3ccc(C#N)s3)C2)CC1. The quantitative estimate of drug-likeness (QED) is 0.447. The molecule has 220 valence electrons. The lowest BCUT2D eigenvalue weighted by molar-refractivity contribution is 0.0223. The summed E-state index contributed by atoms with van der Waals surface area (Å²) in [5.74, 6) is 1.13. The predicted molar refractivity (Wildman–Crippen MR) is 160 cm³/mol. The number of halogens is 1. The Morgan fingerprint density at radius 3 is 2.56 bits per heavy atom. The van der Waals surface area contributed by atoms with E-state index < -0.39 is 0 Å². The van der Waals surface area contributed by atoms with Crippen molar-refractivity contribution in [3.05, 3.63) is 52.7 Å². The summed E-state index contributed by atoms with van der Waals surface area (Å²) in [6.45, 7) is 8.43. The maximum atomic E-state index is 14.8. The number of carbonyl (C=O) groups excluding carboxylic acids is 1. The fraction of sp³-hybridized carbons (Fsp3) is 0.625. The van der Waals surface area contributed by atoms with Crippen molar-refractivity contribution < 1.29 is 13.9 Å². The van der Waals surface area contributed by atoms with Gasteiger partial charge < -0.3 is 24.8 Å². The van der Waals surface area contributed by atoms with Gasteiger partial charge in [-0.1, -0.05) is 18.6 Å². The van der Waals surface area contributed by atoms with Crippen molar-refractivity contribution in [1.82, 2.24) is 15.1 Å². The van der Waals surface area contributed by atoms with Gasteiger partial charge in [0.05, 0.1) is 12.1 Å². The molecule has 0 bridgehead atoms. The Labute approximate surface area is 247 Å². The highest BCUT2D eigenvalue weighted by Crippen LogP contribution is 2.51. The van der Waals surface area contributed by atoms with Crippen LogP contribution in [0.4, 0.5) is 14.2 Å². The standard InChI is InChI=1S/C32H42FN5O2S/c1-40-31(39)35-29-8-3-7-28(29)32(22-37-13-4-14-37,25-5-2-6-26(33)17-25)24-11-15-36(16-12-24)19-23-20-38(21-23)30-10-9-27(18-34)41-30/h2,5-6,9-10,17,23-24,28-29H,3-4,7-8,11-16,19-22H2,1H3,(H,35,39)/t28-,29-,32-/m0/s1. The lowest BCUT2D eigenvalue weighted by atomic mass is 9.57. The van der Waals surface area contributed by atoms with Crippen molar-refractivity contribution in [3.8, 4) is 6.07 Å². The second kappa shape index (κ2) is 12.3. The monoisotopic (exact) mass is 579 g/mol. The number of rotatable bonds is 9. The van der Waals surface area contributed by atoms with Crippen LogP contribution in [0.3, 0.4) is 0 Å². The van der Waals surface area contributed by atoms with E-state index in [1.165, 1.54) is 18.5 Å². The molecular formula is C32H42FN5O2S. The summed E-state index contributed by atoms with van der Waals surface area (Å²) in [5, 5.41) is 13.5. The molecule has 4 heterocycles. The number of likely N-dealkylation sites (tertiary alicyclic amines) is 2. The van der Waals surface area contributed by atoms with Gasteiger partial charge >= 0.3 is 6.09 Å². The summed E-state index contributed by atoms with van der Waals surface area (Å²) < 4.78 is 19.9. The molecule has 41 heavy (non-hydrogen) atoms. The molecule has 0 radical (unpaired) electrons. The molecule has 3 saturated heterocycles. The first-order valence-electron chi connectivity index (χ1n) is 15.3. The molecule has 4 fully saturated rings. The van der Waals surface area contributed by atoms with Gasteiger partial charge in [-0.25, -0.2) is 9.18 Å². The van der Waals surface area contributed by atoms with E-state index in [0.29, 0.717) is 11.8 Å². The average molecular weight is 580 g/mol. The van der Waals surface area contributed by atoms with Crippen LogP contribution >= 0.6 is 11.3 Å². The van der Waals surface area contributed by atoms with Gasteiger partial charge in [-0.3, -0.25) is 0 Å². The highest BCUT2D eigenvalue weighted by molar-refractivity contribution is 7.16. The molecule has 3 atom stereocenters. The molecular weight excluding hydrogens is 537 g/mol. The second-order valence-electron chi connectivity index (χ2n) is 12.6. The van der Waals surface area contributed by atoms with Gasteiger partial charge in [-0.15, -0.1) is 11.3 Å². The Bertz CT molecular complexity index is 1250. The molecule has 1 amide bonds. The molecule has 0 spiro atoms. The smallest absolute Gasteiger partial charge is 0.407 e. The number of carbonyl (C=O) groups is 1. The van der Waals surface area contributed by atoms with Gasteiger partial charge in [0, 0.05) is 43.6 Å². The molecule has 7 nitrogen and oxygen atoms in total. The van der Waals surface area contributed by atoms with Gasteiger partial charge in [-0.2, -0.15) is 5.26 Å². The third-order valence-corrected chi connectivity index (χ3v) is 11.3. The van der Waals surface area contributed by atoms with Crippen LogP contribution in [0.15, 0.2) is 36.4 Å². The van der Waals surface area contributed by atoms with E-state index in [1.54, 1.807) is 23.5 Å². The fourth-order valence-electron chi connectivity index (χ4n) is 8.16. The van der Waals surface area contributed by atoms with Gasteiger partial charge in [0.2, 0.25) is 0 Å². The fourth-order valence-corrected chi connectivity index (χ4v) is 8.98. The number of ether oxygens (including phenoxy) is 1. The zero-order valence-corrected chi connectivity index (χ0v) is 24.9. The molecule has 1 aliphatic carbocycles. The van der Waals surface area contributed by atoms with Gasteiger partial charge in [0.15, 0.2) is 0 Å². The molecule has 9 heteroatoms. The first-order chi connectivity index (χ1) is 20.0.